The van der Waals surface area contributed by atoms with Crippen molar-refractivity contribution in [1.82, 2.24) is 9.80 Å². The average molecular weight is 203 g/mol. The van der Waals surface area contributed by atoms with Crippen molar-refractivity contribution < 1.29 is 0 Å². The van der Waals surface area contributed by atoms with E-state index in [9.17, 15) is 0 Å². The molecule has 80 valence electrons. The monoisotopic (exact) mass is 203 g/mol. The van der Waals surface area contributed by atoms with Crippen molar-refractivity contribution in [2.24, 2.45) is 4.99 Å². The summed E-state index contributed by atoms with van der Waals surface area (Å²) in [7, 11) is 2.16. The van der Waals surface area contributed by atoms with Gasteiger partial charge < -0.3 is 9.80 Å². The Morgan fingerprint density at radius 3 is 2.40 bits per heavy atom. The first-order valence-electron chi connectivity index (χ1n) is 5.36. The van der Waals surface area contributed by atoms with Crippen LogP contribution in [-0.4, -0.2) is 49.4 Å². The van der Waals surface area contributed by atoms with Gasteiger partial charge in [-0.3, -0.25) is 0 Å². The molecule has 0 saturated carbocycles. The number of piperazine rings is 1. The highest BCUT2D eigenvalue weighted by molar-refractivity contribution is 5.61. The first kappa shape index (κ1) is 10.2. The van der Waals surface area contributed by atoms with Gasteiger partial charge in [0.2, 0.25) is 0 Å². The molecular formula is C12H17N3. The summed E-state index contributed by atoms with van der Waals surface area (Å²) in [6, 6.07) is 10.1. The fourth-order valence-electron chi connectivity index (χ4n) is 1.60. The van der Waals surface area contributed by atoms with E-state index in [1.807, 2.05) is 36.7 Å². The van der Waals surface area contributed by atoms with Crippen molar-refractivity contribution >= 4 is 12.0 Å². The summed E-state index contributed by atoms with van der Waals surface area (Å²) < 4.78 is 0. The predicted molar refractivity (Wildman–Crippen MR) is 63.7 cm³/mol. The van der Waals surface area contributed by atoms with Crippen LogP contribution in [0, 0.1) is 0 Å². The second-order valence-corrected chi connectivity index (χ2v) is 3.92. The Balaban J connectivity index is 1.89. The zero-order valence-corrected chi connectivity index (χ0v) is 9.13. The molecule has 0 aromatic heterocycles. The van der Waals surface area contributed by atoms with Crippen molar-refractivity contribution in [2.45, 2.75) is 0 Å². The maximum Gasteiger partial charge on any atom is 0.0913 e. The van der Waals surface area contributed by atoms with Crippen molar-refractivity contribution in [3.8, 4) is 0 Å². The molecule has 2 rings (SSSR count). The van der Waals surface area contributed by atoms with Crippen LogP contribution in [0.3, 0.4) is 0 Å². The van der Waals surface area contributed by atoms with Gasteiger partial charge in [-0.05, 0) is 19.2 Å². The van der Waals surface area contributed by atoms with Gasteiger partial charge in [-0.1, -0.05) is 18.2 Å². The third-order valence-corrected chi connectivity index (χ3v) is 2.66. The predicted octanol–water partition coefficient (Wildman–Crippen LogP) is 1.59. The molecule has 1 fully saturated rings. The molecule has 0 atom stereocenters. The Kier molecular flexibility index (Phi) is 3.35. The second-order valence-electron chi connectivity index (χ2n) is 3.92. The molecule has 0 unspecified atom stereocenters. The van der Waals surface area contributed by atoms with Crippen LogP contribution >= 0.6 is 0 Å². The quantitative estimate of drug-likeness (QED) is 0.537. The molecule has 1 aromatic carbocycles. The fraction of sp³-hybridized carbons (Fsp3) is 0.417. The Morgan fingerprint density at radius 2 is 1.73 bits per heavy atom. The molecule has 15 heavy (non-hydrogen) atoms. The maximum absolute atomic E-state index is 4.44. The third kappa shape index (κ3) is 3.06. The number of benzene rings is 1. The highest BCUT2D eigenvalue weighted by Gasteiger charge is 2.09. The number of nitrogens with zero attached hydrogens (tertiary/aromatic N) is 3. The van der Waals surface area contributed by atoms with Crippen LogP contribution in [0.2, 0.25) is 0 Å². The highest BCUT2D eigenvalue weighted by atomic mass is 15.3. The molecule has 0 radical (unpaired) electrons. The van der Waals surface area contributed by atoms with Crippen molar-refractivity contribution in [1.29, 1.82) is 0 Å². The zero-order chi connectivity index (χ0) is 10.5. The standard InChI is InChI=1S/C12H17N3/c1-14-7-9-15(10-8-14)11-13-12-5-3-2-4-6-12/h2-6,11H,7-10H2,1H3. The molecule has 3 heteroatoms. The van der Waals surface area contributed by atoms with E-state index < -0.39 is 0 Å². The summed E-state index contributed by atoms with van der Waals surface area (Å²) in [5, 5.41) is 0. The third-order valence-electron chi connectivity index (χ3n) is 2.66. The smallest absolute Gasteiger partial charge is 0.0913 e. The molecule has 0 amide bonds. The molecule has 1 aliphatic heterocycles. The van der Waals surface area contributed by atoms with E-state index in [0.29, 0.717) is 0 Å². The lowest BCUT2D eigenvalue weighted by molar-refractivity contribution is 0.219. The van der Waals surface area contributed by atoms with Crippen molar-refractivity contribution in [2.75, 3.05) is 33.2 Å². The lowest BCUT2D eigenvalue weighted by Gasteiger charge is -2.30. The Bertz CT molecular complexity index is 313. The number of hydrogen-bond acceptors (Lipinski definition) is 2. The Hall–Kier alpha value is -1.35. The van der Waals surface area contributed by atoms with E-state index in [0.717, 1.165) is 31.9 Å². The molecule has 1 heterocycles. The number of para-hydroxylation sites is 1. The van der Waals surface area contributed by atoms with Gasteiger partial charge in [-0.25, -0.2) is 4.99 Å². The van der Waals surface area contributed by atoms with E-state index >= 15 is 0 Å². The lowest BCUT2D eigenvalue weighted by atomic mass is 10.3. The normalized spacial score (nSPS) is 18.6. The van der Waals surface area contributed by atoms with Gasteiger partial charge in [-0.2, -0.15) is 0 Å². The summed E-state index contributed by atoms with van der Waals surface area (Å²) in [5.74, 6) is 0. The van der Waals surface area contributed by atoms with Gasteiger partial charge in [0.25, 0.3) is 0 Å². The van der Waals surface area contributed by atoms with Crippen LogP contribution < -0.4 is 0 Å². The van der Waals surface area contributed by atoms with Crippen LogP contribution in [0.15, 0.2) is 35.3 Å². The van der Waals surface area contributed by atoms with Crippen LogP contribution in [0.4, 0.5) is 5.69 Å². The van der Waals surface area contributed by atoms with Crippen LogP contribution in [0.5, 0.6) is 0 Å². The van der Waals surface area contributed by atoms with Crippen LogP contribution in [0.1, 0.15) is 0 Å². The first-order valence-corrected chi connectivity index (χ1v) is 5.36. The van der Waals surface area contributed by atoms with Gasteiger partial charge in [-0.15, -0.1) is 0 Å². The number of rotatable bonds is 2. The molecule has 0 bridgehead atoms. The van der Waals surface area contributed by atoms with Crippen molar-refractivity contribution in [3.05, 3.63) is 30.3 Å². The molecule has 0 N–H and O–H groups in total. The fourth-order valence-corrected chi connectivity index (χ4v) is 1.60. The van der Waals surface area contributed by atoms with E-state index in [-0.39, 0.29) is 0 Å². The summed E-state index contributed by atoms with van der Waals surface area (Å²) in [4.78, 5) is 9.05. The number of likely N-dealkylation sites (N-methyl/N-ethyl adjacent to an activating group) is 1. The van der Waals surface area contributed by atoms with Gasteiger partial charge in [0, 0.05) is 26.2 Å². The topological polar surface area (TPSA) is 18.8 Å². The van der Waals surface area contributed by atoms with Crippen molar-refractivity contribution in [3.63, 3.8) is 0 Å². The minimum atomic E-state index is 1.02. The minimum Gasteiger partial charge on any atom is -0.360 e. The maximum atomic E-state index is 4.44. The minimum absolute atomic E-state index is 1.02. The highest BCUT2D eigenvalue weighted by Crippen LogP contribution is 2.09. The summed E-state index contributed by atoms with van der Waals surface area (Å²) >= 11 is 0. The Labute approximate surface area is 91.0 Å². The average Bonchev–Trinajstić information content (AvgIpc) is 2.30. The van der Waals surface area contributed by atoms with E-state index in [1.165, 1.54) is 0 Å². The molecule has 1 aliphatic rings. The first-order chi connectivity index (χ1) is 7.34. The molecular weight excluding hydrogens is 186 g/mol. The molecule has 1 saturated heterocycles. The van der Waals surface area contributed by atoms with Gasteiger partial charge in [0.15, 0.2) is 0 Å². The molecule has 0 aliphatic carbocycles. The van der Waals surface area contributed by atoms with Gasteiger partial charge in [0.1, 0.15) is 0 Å². The van der Waals surface area contributed by atoms with Crippen LogP contribution in [0.25, 0.3) is 0 Å². The molecule has 3 nitrogen and oxygen atoms in total. The molecule has 1 aromatic rings. The van der Waals surface area contributed by atoms with Gasteiger partial charge >= 0.3 is 0 Å². The van der Waals surface area contributed by atoms with Gasteiger partial charge in [0.05, 0.1) is 12.0 Å². The van der Waals surface area contributed by atoms with Crippen LogP contribution in [-0.2, 0) is 0 Å². The Morgan fingerprint density at radius 1 is 1.07 bits per heavy atom. The van der Waals surface area contributed by atoms with E-state index in [1.54, 1.807) is 0 Å². The van der Waals surface area contributed by atoms with E-state index in [4.69, 9.17) is 0 Å². The second kappa shape index (κ2) is 4.94. The largest absolute Gasteiger partial charge is 0.360 e. The lowest BCUT2D eigenvalue weighted by Crippen LogP contribution is -2.43. The summed E-state index contributed by atoms with van der Waals surface area (Å²) in [6.45, 7) is 4.40. The number of aliphatic imine (C=N–C) groups is 1. The molecule has 0 spiro atoms. The zero-order valence-electron chi connectivity index (χ0n) is 9.13. The SMILES string of the molecule is CN1CCN(C=Nc2ccccc2)CC1. The number of hydrogen-bond donors (Lipinski definition) is 0. The summed E-state index contributed by atoms with van der Waals surface area (Å²) in [6.07, 6.45) is 1.96. The van der Waals surface area contributed by atoms with E-state index in [2.05, 4.69) is 21.8 Å². The summed E-state index contributed by atoms with van der Waals surface area (Å²) in [5.41, 5.74) is 1.02.